The molecule has 0 bridgehead atoms. The van der Waals surface area contributed by atoms with Crippen LogP contribution in [0.15, 0.2) is 60.8 Å². The van der Waals surface area contributed by atoms with Crippen molar-refractivity contribution in [2.24, 2.45) is 0 Å². The van der Waals surface area contributed by atoms with E-state index in [2.05, 4.69) is 59.7 Å². The van der Waals surface area contributed by atoms with Gasteiger partial charge in [-0.05, 0) is 35.7 Å². The van der Waals surface area contributed by atoms with Gasteiger partial charge in [0.1, 0.15) is 5.75 Å². The molecule has 1 heterocycles. The summed E-state index contributed by atoms with van der Waals surface area (Å²) >= 11 is 0. The lowest BCUT2D eigenvalue weighted by atomic mass is 10.1. The Hall–Kier alpha value is -2.48. The monoisotopic (exact) mass is 263 g/mol. The maximum atomic E-state index is 5.29. The second-order valence-corrected chi connectivity index (χ2v) is 4.74. The Labute approximate surface area is 118 Å². The molecule has 2 nitrogen and oxygen atoms in total. The molecule has 0 unspecified atom stereocenters. The van der Waals surface area contributed by atoms with Gasteiger partial charge in [-0.2, -0.15) is 0 Å². The Morgan fingerprint density at radius 2 is 1.95 bits per heavy atom. The zero-order chi connectivity index (χ0) is 13.8. The molecule has 0 fully saturated rings. The number of allylic oxidation sites excluding steroid dienone is 1. The number of ether oxygens (including phenoxy) is 1. The second-order valence-electron chi connectivity index (χ2n) is 4.74. The van der Waals surface area contributed by atoms with Gasteiger partial charge in [-0.15, -0.1) is 0 Å². The first-order chi connectivity index (χ1) is 9.86. The number of H-pyrrole nitrogens is 1. The summed E-state index contributed by atoms with van der Waals surface area (Å²) in [6, 6.07) is 16.5. The summed E-state index contributed by atoms with van der Waals surface area (Å²) in [6.45, 7) is 0. The van der Waals surface area contributed by atoms with E-state index in [0.717, 1.165) is 17.7 Å². The minimum absolute atomic E-state index is 0.894. The van der Waals surface area contributed by atoms with Crippen LogP contribution in [0.1, 0.15) is 11.1 Å². The van der Waals surface area contributed by atoms with Crippen LogP contribution >= 0.6 is 0 Å². The van der Waals surface area contributed by atoms with E-state index < -0.39 is 0 Å². The third kappa shape index (κ3) is 2.59. The zero-order valence-electron chi connectivity index (χ0n) is 11.5. The topological polar surface area (TPSA) is 25.0 Å². The highest BCUT2D eigenvalue weighted by Crippen LogP contribution is 2.24. The zero-order valence-corrected chi connectivity index (χ0v) is 11.5. The number of hydrogen-bond acceptors (Lipinski definition) is 1. The van der Waals surface area contributed by atoms with Gasteiger partial charge in [0.15, 0.2) is 0 Å². The molecule has 0 spiro atoms. The van der Waals surface area contributed by atoms with E-state index in [1.165, 1.54) is 16.5 Å². The number of aromatic amines is 1. The number of fused-ring (bicyclic) bond motifs is 1. The molecule has 3 aromatic rings. The molecule has 0 saturated carbocycles. The molecule has 2 heteroatoms. The van der Waals surface area contributed by atoms with Crippen molar-refractivity contribution in [1.82, 2.24) is 4.98 Å². The van der Waals surface area contributed by atoms with E-state index in [1.54, 1.807) is 7.11 Å². The van der Waals surface area contributed by atoms with Gasteiger partial charge in [-0.3, -0.25) is 0 Å². The summed E-state index contributed by atoms with van der Waals surface area (Å²) in [5.74, 6) is 0.894. The van der Waals surface area contributed by atoms with Crippen LogP contribution < -0.4 is 4.74 Å². The SMILES string of the molecule is COc1ccc2[nH]cc(C/C=C/c3ccccc3)c2c1. The van der Waals surface area contributed by atoms with Gasteiger partial charge in [0.25, 0.3) is 0 Å². The van der Waals surface area contributed by atoms with Gasteiger partial charge < -0.3 is 9.72 Å². The van der Waals surface area contributed by atoms with Crippen molar-refractivity contribution >= 4 is 17.0 Å². The Kier molecular flexibility index (Phi) is 3.55. The molecule has 0 atom stereocenters. The van der Waals surface area contributed by atoms with Crippen molar-refractivity contribution in [3.63, 3.8) is 0 Å². The largest absolute Gasteiger partial charge is 0.497 e. The summed E-state index contributed by atoms with van der Waals surface area (Å²) in [7, 11) is 1.70. The molecule has 0 aliphatic rings. The fourth-order valence-corrected chi connectivity index (χ4v) is 2.34. The van der Waals surface area contributed by atoms with Crippen molar-refractivity contribution < 1.29 is 4.74 Å². The quantitative estimate of drug-likeness (QED) is 0.740. The van der Waals surface area contributed by atoms with Crippen molar-refractivity contribution in [2.45, 2.75) is 6.42 Å². The van der Waals surface area contributed by atoms with Gasteiger partial charge >= 0.3 is 0 Å². The van der Waals surface area contributed by atoms with Crippen LogP contribution in [-0.4, -0.2) is 12.1 Å². The molecule has 0 amide bonds. The Morgan fingerprint density at radius 3 is 2.75 bits per heavy atom. The number of hydrogen-bond donors (Lipinski definition) is 1. The van der Waals surface area contributed by atoms with Crippen LogP contribution in [-0.2, 0) is 6.42 Å². The normalized spacial score (nSPS) is 11.2. The highest BCUT2D eigenvalue weighted by Gasteiger charge is 2.03. The van der Waals surface area contributed by atoms with Crippen LogP contribution in [0.5, 0.6) is 5.75 Å². The van der Waals surface area contributed by atoms with Crippen LogP contribution in [0.3, 0.4) is 0 Å². The third-order valence-electron chi connectivity index (χ3n) is 3.42. The Balaban J connectivity index is 1.82. The van der Waals surface area contributed by atoms with E-state index in [1.807, 2.05) is 12.1 Å². The van der Waals surface area contributed by atoms with Crippen molar-refractivity contribution in [3.8, 4) is 5.75 Å². The summed E-state index contributed by atoms with van der Waals surface area (Å²) < 4.78 is 5.29. The number of nitrogens with one attached hydrogen (secondary N) is 1. The van der Waals surface area contributed by atoms with Gasteiger partial charge in [0.05, 0.1) is 7.11 Å². The van der Waals surface area contributed by atoms with Crippen LogP contribution in [0, 0.1) is 0 Å². The number of methoxy groups -OCH3 is 1. The average Bonchev–Trinajstić information content (AvgIpc) is 2.91. The maximum absolute atomic E-state index is 5.29. The number of benzene rings is 2. The first kappa shape index (κ1) is 12.5. The first-order valence-corrected chi connectivity index (χ1v) is 6.72. The van der Waals surface area contributed by atoms with Gasteiger partial charge in [0, 0.05) is 17.1 Å². The van der Waals surface area contributed by atoms with Crippen molar-refractivity contribution in [3.05, 3.63) is 71.9 Å². The summed E-state index contributed by atoms with van der Waals surface area (Å²) in [4.78, 5) is 3.30. The minimum Gasteiger partial charge on any atom is -0.497 e. The smallest absolute Gasteiger partial charge is 0.119 e. The first-order valence-electron chi connectivity index (χ1n) is 6.72. The Morgan fingerprint density at radius 1 is 1.10 bits per heavy atom. The second kappa shape index (κ2) is 5.66. The molecule has 0 aliphatic heterocycles. The molecule has 1 aromatic heterocycles. The lowest BCUT2D eigenvalue weighted by molar-refractivity contribution is 0.415. The average molecular weight is 263 g/mol. The summed E-state index contributed by atoms with van der Waals surface area (Å²) in [5.41, 5.74) is 3.66. The molecule has 0 saturated heterocycles. The standard InChI is InChI=1S/C18H17NO/c1-20-16-10-11-18-17(12-16)15(13-19-18)9-5-8-14-6-3-2-4-7-14/h2-8,10-13,19H,9H2,1H3/b8-5+. The summed E-state index contributed by atoms with van der Waals surface area (Å²) in [5, 5.41) is 1.22. The molecule has 100 valence electrons. The molecule has 3 rings (SSSR count). The van der Waals surface area contributed by atoms with E-state index in [0.29, 0.717) is 0 Å². The molecule has 20 heavy (non-hydrogen) atoms. The Bertz CT molecular complexity index is 726. The molecule has 0 radical (unpaired) electrons. The van der Waals surface area contributed by atoms with Crippen LogP contribution in [0.4, 0.5) is 0 Å². The fraction of sp³-hybridized carbons (Fsp3) is 0.111. The highest BCUT2D eigenvalue weighted by molar-refractivity contribution is 5.84. The maximum Gasteiger partial charge on any atom is 0.119 e. The van der Waals surface area contributed by atoms with E-state index >= 15 is 0 Å². The molecule has 0 aliphatic carbocycles. The molecular weight excluding hydrogens is 246 g/mol. The molecule has 2 aromatic carbocycles. The van der Waals surface area contributed by atoms with Gasteiger partial charge in [0.2, 0.25) is 0 Å². The van der Waals surface area contributed by atoms with Gasteiger partial charge in [-0.1, -0.05) is 42.5 Å². The predicted molar refractivity (Wildman–Crippen MR) is 84.0 cm³/mol. The third-order valence-corrected chi connectivity index (χ3v) is 3.42. The number of aromatic nitrogens is 1. The molecule has 1 N–H and O–H groups in total. The lowest BCUT2D eigenvalue weighted by Gasteiger charge is -2.00. The van der Waals surface area contributed by atoms with Crippen LogP contribution in [0.2, 0.25) is 0 Å². The fourth-order valence-electron chi connectivity index (χ4n) is 2.34. The minimum atomic E-state index is 0.894. The number of rotatable bonds is 4. The van der Waals surface area contributed by atoms with E-state index in [-0.39, 0.29) is 0 Å². The van der Waals surface area contributed by atoms with Crippen molar-refractivity contribution in [1.29, 1.82) is 0 Å². The molecular formula is C18H17NO. The van der Waals surface area contributed by atoms with E-state index in [9.17, 15) is 0 Å². The van der Waals surface area contributed by atoms with Gasteiger partial charge in [-0.25, -0.2) is 0 Å². The van der Waals surface area contributed by atoms with Crippen molar-refractivity contribution in [2.75, 3.05) is 7.11 Å². The van der Waals surface area contributed by atoms with Crippen LogP contribution in [0.25, 0.3) is 17.0 Å². The summed E-state index contributed by atoms with van der Waals surface area (Å²) in [6.07, 6.45) is 7.32. The lowest BCUT2D eigenvalue weighted by Crippen LogP contribution is -1.83. The highest BCUT2D eigenvalue weighted by atomic mass is 16.5. The predicted octanol–water partition coefficient (Wildman–Crippen LogP) is 4.43. The van der Waals surface area contributed by atoms with E-state index in [4.69, 9.17) is 4.74 Å².